The highest BCUT2D eigenvalue weighted by Crippen LogP contribution is 2.47. The van der Waals surface area contributed by atoms with Gasteiger partial charge in [-0.25, -0.2) is 13.8 Å². The topological polar surface area (TPSA) is 86.5 Å². The van der Waals surface area contributed by atoms with Crippen LogP contribution in [0.15, 0.2) is 24.4 Å². The van der Waals surface area contributed by atoms with E-state index in [2.05, 4.69) is 10.3 Å². The van der Waals surface area contributed by atoms with Crippen molar-refractivity contribution < 1.29 is 23.0 Å². The molecule has 1 atom stereocenters. The Labute approximate surface area is 168 Å². The summed E-state index contributed by atoms with van der Waals surface area (Å²) in [4.78, 5) is 15.5. The second-order valence-corrected chi connectivity index (χ2v) is 7.55. The number of alkyl halides is 2. The Morgan fingerprint density at radius 3 is 2.76 bits per heavy atom. The maximum atomic E-state index is 13.9. The Morgan fingerprint density at radius 1 is 1.34 bits per heavy atom. The van der Waals surface area contributed by atoms with Gasteiger partial charge in [0.25, 0.3) is 6.43 Å². The summed E-state index contributed by atoms with van der Waals surface area (Å²) in [7, 11) is 0. The third kappa shape index (κ3) is 4.82. The number of hydrogen-bond donors (Lipinski definition) is 2. The molecule has 0 saturated carbocycles. The number of fused-ring (bicyclic) bond motifs is 3. The lowest BCUT2D eigenvalue weighted by molar-refractivity contribution is -0.114. The zero-order valence-electron chi connectivity index (χ0n) is 16.7. The Balaban J connectivity index is 1.95. The number of ether oxygens (including phenoxy) is 2. The van der Waals surface area contributed by atoms with Gasteiger partial charge in [0.2, 0.25) is 5.91 Å². The van der Waals surface area contributed by atoms with Crippen LogP contribution in [0.25, 0.3) is 11.1 Å². The van der Waals surface area contributed by atoms with Crippen LogP contribution in [0, 0.1) is 5.92 Å². The van der Waals surface area contributed by atoms with Gasteiger partial charge in [-0.05, 0) is 36.1 Å². The minimum absolute atomic E-state index is 0.0672. The van der Waals surface area contributed by atoms with Crippen molar-refractivity contribution in [2.45, 2.75) is 46.3 Å². The molecule has 2 heterocycles. The van der Waals surface area contributed by atoms with Crippen LogP contribution in [0.3, 0.4) is 0 Å². The third-order valence-electron chi connectivity index (χ3n) is 4.55. The molecule has 8 heteroatoms. The van der Waals surface area contributed by atoms with Crippen LogP contribution in [0.5, 0.6) is 11.5 Å². The number of pyridine rings is 1. The number of benzene rings is 1. The number of halogens is 2. The van der Waals surface area contributed by atoms with Crippen LogP contribution in [-0.2, 0) is 11.4 Å². The van der Waals surface area contributed by atoms with Crippen LogP contribution in [0.1, 0.15) is 44.7 Å². The minimum atomic E-state index is -2.78. The number of nitrogens with two attached hydrogens (primary N) is 1. The first-order valence-electron chi connectivity index (χ1n) is 9.49. The molecule has 1 aromatic carbocycles. The molecule has 3 N–H and O–H groups in total. The summed E-state index contributed by atoms with van der Waals surface area (Å²) in [6.07, 6.45) is -0.474. The smallest absolute Gasteiger partial charge is 0.271 e. The first kappa shape index (κ1) is 21.0. The van der Waals surface area contributed by atoms with E-state index < -0.39 is 6.43 Å². The van der Waals surface area contributed by atoms with E-state index in [0.717, 1.165) is 12.0 Å². The molecule has 1 aliphatic rings. The highest BCUT2D eigenvalue weighted by atomic mass is 19.3. The molecule has 1 aromatic heterocycles. The summed E-state index contributed by atoms with van der Waals surface area (Å²) in [6, 6.07) is 4.61. The predicted molar refractivity (Wildman–Crippen MR) is 106 cm³/mol. The van der Waals surface area contributed by atoms with E-state index >= 15 is 0 Å². The van der Waals surface area contributed by atoms with E-state index in [4.69, 9.17) is 15.2 Å². The van der Waals surface area contributed by atoms with Gasteiger partial charge in [0.05, 0.1) is 0 Å². The van der Waals surface area contributed by atoms with Gasteiger partial charge < -0.3 is 20.5 Å². The monoisotopic (exact) mass is 405 g/mol. The van der Waals surface area contributed by atoms with Gasteiger partial charge >= 0.3 is 0 Å². The van der Waals surface area contributed by atoms with Crippen molar-refractivity contribution in [2.24, 2.45) is 11.7 Å². The number of carbonyl (C=O) groups is 1. The molecule has 2 aromatic rings. The maximum Gasteiger partial charge on any atom is 0.271 e. The molecule has 0 spiro atoms. The molecular weight excluding hydrogens is 380 g/mol. The molecule has 1 aliphatic heterocycles. The molecule has 0 saturated heterocycles. The number of carbonyl (C=O) groups excluding carboxylic acids is 1. The van der Waals surface area contributed by atoms with Gasteiger partial charge in [0.15, 0.2) is 0 Å². The van der Waals surface area contributed by atoms with E-state index in [1.54, 1.807) is 18.3 Å². The number of hydrogen-bond acceptors (Lipinski definition) is 5. The van der Waals surface area contributed by atoms with Crippen molar-refractivity contribution in [3.8, 4) is 22.6 Å². The number of nitrogens with one attached hydrogen (secondary N) is 1. The molecule has 0 bridgehead atoms. The van der Waals surface area contributed by atoms with E-state index in [1.807, 2.05) is 13.8 Å². The molecule has 0 unspecified atom stereocenters. The van der Waals surface area contributed by atoms with E-state index in [0.29, 0.717) is 22.9 Å². The number of nitrogens with zero attached hydrogens (tertiary/aromatic N) is 1. The third-order valence-corrected chi connectivity index (χ3v) is 4.55. The molecule has 156 valence electrons. The summed E-state index contributed by atoms with van der Waals surface area (Å²) in [5, 5.41) is 2.61. The van der Waals surface area contributed by atoms with Crippen molar-refractivity contribution in [1.82, 2.24) is 4.98 Å². The van der Waals surface area contributed by atoms with Crippen LogP contribution >= 0.6 is 0 Å². The van der Waals surface area contributed by atoms with Crippen LogP contribution in [0.2, 0.25) is 0 Å². The average Bonchev–Trinajstić information content (AvgIpc) is 2.64. The van der Waals surface area contributed by atoms with Crippen LogP contribution < -0.4 is 20.5 Å². The number of anilines is 1. The number of amides is 1. The number of rotatable bonds is 7. The SMILES string of the molecule is CC(=O)Nc1cc2c(cn1)COc1c-2ccc(OC[C@@H](N)CC(C)C)c1C(F)F. The average molecular weight is 405 g/mol. The van der Waals surface area contributed by atoms with Gasteiger partial charge in [0.1, 0.15) is 36.1 Å². The van der Waals surface area contributed by atoms with Gasteiger partial charge in [-0.1, -0.05) is 13.8 Å². The fourth-order valence-corrected chi connectivity index (χ4v) is 3.40. The van der Waals surface area contributed by atoms with Gasteiger partial charge in [-0.3, -0.25) is 4.79 Å². The zero-order valence-corrected chi connectivity index (χ0v) is 16.7. The summed E-state index contributed by atoms with van der Waals surface area (Å²) < 4.78 is 39.1. The fourth-order valence-electron chi connectivity index (χ4n) is 3.40. The first-order chi connectivity index (χ1) is 13.8. The Kier molecular flexibility index (Phi) is 6.32. The predicted octanol–water partition coefficient (Wildman–Crippen LogP) is 4.29. The Bertz CT molecular complexity index is 903. The van der Waals surface area contributed by atoms with Crippen molar-refractivity contribution in [3.05, 3.63) is 35.5 Å². The molecule has 0 aliphatic carbocycles. The molecule has 29 heavy (non-hydrogen) atoms. The molecule has 3 rings (SSSR count). The van der Waals surface area contributed by atoms with Gasteiger partial charge in [-0.15, -0.1) is 0 Å². The van der Waals surface area contributed by atoms with E-state index in [-0.39, 0.29) is 42.2 Å². The van der Waals surface area contributed by atoms with Crippen molar-refractivity contribution in [3.63, 3.8) is 0 Å². The normalized spacial score (nSPS) is 13.5. The Morgan fingerprint density at radius 2 is 2.10 bits per heavy atom. The highest BCUT2D eigenvalue weighted by Gasteiger charge is 2.28. The molecular formula is C21H25F2N3O3. The van der Waals surface area contributed by atoms with E-state index in [1.165, 1.54) is 13.0 Å². The van der Waals surface area contributed by atoms with Crippen LogP contribution in [-0.4, -0.2) is 23.5 Å². The Hall–Kier alpha value is -2.74. The minimum Gasteiger partial charge on any atom is -0.491 e. The summed E-state index contributed by atoms with van der Waals surface area (Å²) in [6.45, 7) is 5.70. The summed E-state index contributed by atoms with van der Waals surface area (Å²) in [5.74, 6) is 0.625. The van der Waals surface area contributed by atoms with Gasteiger partial charge in [0, 0.05) is 30.3 Å². The van der Waals surface area contributed by atoms with E-state index in [9.17, 15) is 13.6 Å². The lowest BCUT2D eigenvalue weighted by Gasteiger charge is -2.25. The lowest BCUT2D eigenvalue weighted by atomic mass is 9.95. The molecule has 1 amide bonds. The molecule has 0 radical (unpaired) electrons. The summed E-state index contributed by atoms with van der Waals surface area (Å²) in [5.41, 5.74) is 7.68. The maximum absolute atomic E-state index is 13.9. The number of aromatic nitrogens is 1. The molecule has 6 nitrogen and oxygen atoms in total. The highest BCUT2D eigenvalue weighted by molar-refractivity contribution is 5.89. The quantitative estimate of drug-likeness (QED) is 0.718. The summed E-state index contributed by atoms with van der Waals surface area (Å²) >= 11 is 0. The standard InChI is InChI=1S/C21H25F2N3O3/c1-11(2)6-14(24)10-28-17-5-4-15-16-7-18(26-12(3)27)25-8-13(16)9-29-20(15)19(17)21(22)23/h4-5,7-8,11,14,21H,6,9-10,24H2,1-3H3,(H,25,26,27)/t14-/m0/s1. The first-order valence-corrected chi connectivity index (χ1v) is 9.49. The zero-order chi connectivity index (χ0) is 21.1. The van der Waals surface area contributed by atoms with Crippen molar-refractivity contribution in [2.75, 3.05) is 11.9 Å². The lowest BCUT2D eigenvalue weighted by Crippen LogP contribution is -2.29. The second-order valence-electron chi connectivity index (χ2n) is 7.55. The fraction of sp³-hybridized carbons (Fsp3) is 0.429. The second kappa shape index (κ2) is 8.73. The van der Waals surface area contributed by atoms with Crippen molar-refractivity contribution in [1.29, 1.82) is 0 Å². The molecule has 0 fully saturated rings. The largest absolute Gasteiger partial charge is 0.491 e. The van der Waals surface area contributed by atoms with Crippen molar-refractivity contribution >= 4 is 11.7 Å². The van der Waals surface area contributed by atoms with Gasteiger partial charge in [-0.2, -0.15) is 0 Å². The van der Waals surface area contributed by atoms with Crippen LogP contribution in [0.4, 0.5) is 14.6 Å².